The van der Waals surface area contributed by atoms with Gasteiger partial charge in [0.05, 0.1) is 0 Å². The summed E-state index contributed by atoms with van der Waals surface area (Å²) in [6, 6.07) is 7.52. The molecule has 1 heterocycles. The lowest BCUT2D eigenvalue weighted by atomic mass is 9.99. The number of aryl methyl sites for hydroxylation is 1. The number of pyridine rings is 1. The molecular weight excluding hydrogens is 379 g/mol. The van der Waals surface area contributed by atoms with Gasteiger partial charge in [-0.3, -0.25) is 25.2 Å². The number of carbonyl (C=O) groups excluding carboxylic acids is 2. The second-order valence-electron chi connectivity index (χ2n) is 6.40. The number of hydrogen-bond acceptors (Lipinski definition) is 5. The fourth-order valence-corrected chi connectivity index (χ4v) is 2.74. The first-order valence-electron chi connectivity index (χ1n) is 8.87. The number of hydrazine groups is 1. The van der Waals surface area contributed by atoms with Crippen LogP contribution in [0.1, 0.15) is 35.7 Å². The van der Waals surface area contributed by atoms with Crippen molar-refractivity contribution in [3.8, 4) is 11.8 Å². The van der Waals surface area contributed by atoms with Crippen molar-refractivity contribution in [2.45, 2.75) is 39.7 Å². The summed E-state index contributed by atoms with van der Waals surface area (Å²) in [5.41, 5.74) is 5.83. The number of carbonyl (C=O) groups is 2. The molecule has 0 bridgehead atoms. The Morgan fingerprint density at radius 3 is 2.62 bits per heavy atom. The number of para-hydroxylation sites is 1. The quantitative estimate of drug-likeness (QED) is 0.635. The third kappa shape index (κ3) is 5.42. The zero-order valence-corrected chi connectivity index (χ0v) is 16.3. The molecule has 0 aliphatic carbocycles. The highest BCUT2D eigenvalue weighted by molar-refractivity contribution is 5.84. The summed E-state index contributed by atoms with van der Waals surface area (Å²) in [5, 5.41) is 9.08. The Kier molecular flexibility index (Phi) is 7.09. The average molecular weight is 400 g/mol. The molecule has 152 valence electrons. The van der Waals surface area contributed by atoms with E-state index in [0.717, 1.165) is 0 Å². The normalized spacial score (nSPS) is 11.3. The SMILES string of the molecule is Cc1[nH]c(=O)c(C#N)c(C)c1CCC(=O)NNC(=O)C(C)Oc1ccccc1F. The van der Waals surface area contributed by atoms with Crippen LogP contribution in [0.15, 0.2) is 29.1 Å². The highest BCUT2D eigenvalue weighted by Crippen LogP contribution is 2.17. The summed E-state index contributed by atoms with van der Waals surface area (Å²) in [7, 11) is 0. The number of aromatic amines is 1. The predicted molar refractivity (Wildman–Crippen MR) is 102 cm³/mol. The first-order chi connectivity index (χ1) is 13.7. The van der Waals surface area contributed by atoms with Crippen molar-refractivity contribution in [2.75, 3.05) is 0 Å². The monoisotopic (exact) mass is 400 g/mol. The van der Waals surface area contributed by atoms with Crippen LogP contribution in [-0.4, -0.2) is 22.9 Å². The van der Waals surface area contributed by atoms with E-state index in [1.54, 1.807) is 19.9 Å². The van der Waals surface area contributed by atoms with Crippen molar-refractivity contribution >= 4 is 11.8 Å². The van der Waals surface area contributed by atoms with Gasteiger partial charge in [0, 0.05) is 12.1 Å². The van der Waals surface area contributed by atoms with E-state index in [9.17, 15) is 18.8 Å². The lowest BCUT2D eigenvalue weighted by molar-refractivity contribution is -0.132. The van der Waals surface area contributed by atoms with Crippen LogP contribution in [0.3, 0.4) is 0 Å². The number of H-pyrrole nitrogens is 1. The second-order valence-corrected chi connectivity index (χ2v) is 6.40. The number of benzene rings is 1. The summed E-state index contributed by atoms with van der Waals surface area (Å²) < 4.78 is 18.8. The van der Waals surface area contributed by atoms with Gasteiger partial charge >= 0.3 is 0 Å². The van der Waals surface area contributed by atoms with Gasteiger partial charge in [-0.15, -0.1) is 0 Å². The average Bonchev–Trinajstić information content (AvgIpc) is 2.67. The molecule has 2 aromatic rings. The van der Waals surface area contributed by atoms with Crippen molar-refractivity contribution in [1.82, 2.24) is 15.8 Å². The summed E-state index contributed by atoms with van der Waals surface area (Å²) >= 11 is 0. The van der Waals surface area contributed by atoms with Crippen LogP contribution in [0.5, 0.6) is 5.75 Å². The molecule has 0 saturated carbocycles. The van der Waals surface area contributed by atoms with E-state index in [1.807, 2.05) is 6.07 Å². The van der Waals surface area contributed by atoms with Gasteiger partial charge in [-0.1, -0.05) is 12.1 Å². The molecule has 1 aromatic heterocycles. The maximum atomic E-state index is 13.6. The van der Waals surface area contributed by atoms with E-state index in [2.05, 4.69) is 15.8 Å². The molecule has 0 aliphatic heterocycles. The first-order valence-corrected chi connectivity index (χ1v) is 8.87. The highest BCUT2D eigenvalue weighted by atomic mass is 19.1. The van der Waals surface area contributed by atoms with Crippen LogP contribution in [0, 0.1) is 31.0 Å². The van der Waals surface area contributed by atoms with Gasteiger partial charge < -0.3 is 9.72 Å². The zero-order chi connectivity index (χ0) is 21.6. The smallest absolute Gasteiger partial charge is 0.279 e. The maximum Gasteiger partial charge on any atom is 0.279 e. The van der Waals surface area contributed by atoms with Crippen molar-refractivity contribution in [3.05, 3.63) is 62.8 Å². The van der Waals surface area contributed by atoms with Crippen molar-refractivity contribution in [3.63, 3.8) is 0 Å². The molecule has 1 atom stereocenters. The molecule has 0 saturated heterocycles. The predicted octanol–water partition coefficient (Wildman–Crippen LogP) is 1.55. The van der Waals surface area contributed by atoms with Gasteiger partial charge in [0.1, 0.15) is 11.6 Å². The van der Waals surface area contributed by atoms with Gasteiger partial charge in [-0.25, -0.2) is 4.39 Å². The number of halogens is 1. The van der Waals surface area contributed by atoms with E-state index in [4.69, 9.17) is 10.00 Å². The Balaban J connectivity index is 1.89. The Morgan fingerprint density at radius 1 is 1.28 bits per heavy atom. The number of nitrogens with zero attached hydrogens (tertiary/aromatic N) is 1. The largest absolute Gasteiger partial charge is 0.478 e. The van der Waals surface area contributed by atoms with E-state index in [0.29, 0.717) is 16.8 Å². The topological polar surface area (TPSA) is 124 Å². The van der Waals surface area contributed by atoms with Gasteiger partial charge in [-0.2, -0.15) is 5.26 Å². The molecule has 29 heavy (non-hydrogen) atoms. The number of amides is 2. The fourth-order valence-electron chi connectivity index (χ4n) is 2.74. The summed E-state index contributed by atoms with van der Waals surface area (Å²) in [6.45, 7) is 4.76. The number of ether oxygens (including phenoxy) is 1. The molecule has 9 heteroatoms. The summed E-state index contributed by atoms with van der Waals surface area (Å²) in [5.74, 6) is -1.79. The molecule has 8 nitrogen and oxygen atoms in total. The maximum absolute atomic E-state index is 13.6. The van der Waals surface area contributed by atoms with E-state index in [-0.39, 0.29) is 24.2 Å². The van der Waals surface area contributed by atoms with Crippen LogP contribution < -0.4 is 21.1 Å². The molecule has 1 aromatic carbocycles. The molecule has 2 rings (SSSR count). The first kappa shape index (κ1) is 21.6. The molecule has 3 N–H and O–H groups in total. The van der Waals surface area contributed by atoms with E-state index in [1.165, 1.54) is 25.1 Å². The lowest BCUT2D eigenvalue weighted by Gasteiger charge is -2.16. The van der Waals surface area contributed by atoms with Crippen LogP contribution in [0.25, 0.3) is 0 Å². The minimum absolute atomic E-state index is 0.0124. The highest BCUT2D eigenvalue weighted by Gasteiger charge is 2.18. The number of hydrogen-bond donors (Lipinski definition) is 3. The Labute approximate surface area is 166 Å². The second kappa shape index (κ2) is 9.50. The standard InChI is InChI=1S/C20H21FN4O4/c1-11-14(12(2)23-20(28)15(11)10-22)8-9-18(26)24-25-19(27)13(3)29-17-7-5-4-6-16(17)21/h4-7,13H,8-9H2,1-3H3,(H,23,28)(H,24,26)(H,25,27). The van der Waals surface area contributed by atoms with Gasteiger partial charge in [-0.05, 0) is 50.5 Å². The summed E-state index contributed by atoms with van der Waals surface area (Å²) in [6.07, 6.45) is -0.748. The lowest BCUT2D eigenvalue weighted by Crippen LogP contribution is -2.47. The zero-order valence-electron chi connectivity index (χ0n) is 16.3. The minimum atomic E-state index is -1.03. The Bertz CT molecular complexity index is 1030. The minimum Gasteiger partial charge on any atom is -0.478 e. The van der Waals surface area contributed by atoms with Gasteiger partial charge in [0.15, 0.2) is 17.7 Å². The van der Waals surface area contributed by atoms with E-state index < -0.39 is 29.3 Å². The molecule has 0 aliphatic rings. The van der Waals surface area contributed by atoms with Crippen molar-refractivity contribution < 1.29 is 18.7 Å². The number of rotatable bonds is 6. The fraction of sp³-hybridized carbons (Fsp3) is 0.300. The summed E-state index contributed by atoms with van der Waals surface area (Å²) in [4.78, 5) is 38.4. The van der Waals surface area contributed by atoms with Gasteiger partial charge in [0.2, 0.25) is 5.91 Å². The van der Waals surface area contributed by atoms with Crippen LogP contribution in [0.4, 0.5) is 4.39 Å². The van der Waals surface area contributed by atoms with Crippen molar-refractivity contribution in [2.24, 2.45) is 0 Å². The Hall–Kier alpha value is -3.67. The number of nitriles is 1. The van der Waals surface area contributed by atoms with Gasteiger partial charge in [0.25, 0.3) is 11.5 Å². The molecule has 2 amide bonds. The molecule has 0 spiro atoms. The third-order valence-corrected chi connectivity index (χ3v) is 4.36. The molecular formula is C20H21FN4O4. The Morgan fingerprint density at radius 2 is 1.97 bits per heavy atom. The number of aromatic nitrogens is 1. The van der Waals surface area contributed by atoms with Crippen LogP contribution in [0.2, 0.25) is 0 Å². The molecule has 1 unspecified atom stereocenters. The van der Waals surface area contributed by atoms with E-state index >= 15 is 0 Å². The molecule has 0 fully saturated rings. The van der Waals surface area contributed by atoms with Crippen LogP contribution in [-0.2, 0) is 16.0 Å². The van der Waals surface area contributed by atoms with Crippen molar-refractivity contribution in [1.29, 1.82) is 5.26 Å². The number of nitrogens with one attached hydrogen (secondary N) is 3. The molecule has 0 radical (unpaired) electrons. The third-order valence-electron chi connectivity index (χ3n) is 4.36. The van der Waals surface area contributed by atoms with Crippen LogP contribution >= 0.6 is 0 Å².